The summed E-state index contributed by atoms with van der Waals surface area (Å²) in [5.41, 5.74) is -0.00495. The summed E-state index contributed by atoms with van der Waals surface area (Å²) in [6.07, 6.45) is 5.19. The molecule has 16 heavy (non-hydrogen) atoms. The summed E-state index contributed by atoms with van der Waals surface area (Å²) in [5.74, 6) is 0.880. The van der Waals surface area contributed by atoms with Gasteiger partial charge in [-0.3, -0.25) is 0 Å². The molecule has 0 aromatic heterocycles. The molecule has 0 aliphatic heterocycles. The maximum Gasteiger partial charge on any atom is 0.433 e. The van der Waals surface area contributed by atoms with Crippen LogP contribution in [0, 0.1) is 0 Å². The third-order valence-corrected chi connectivity index (χ3v) is 5.13. The first-order valence-corrected chi connectivity index (χ1v) is 7.35. The van der Waals surface area contributed by atoms with Gasteiger partial charge in [-0.05, 0) is 26.7 Å². The Labute approximate surface area is 98.1 Å². The molecule has 1 rings (SSSR count). The van der Waals surface area contributed by atoms with E-state index in [9.17, 15) is 4.57 Å². The van der Waals surface area contributed by atoms with Gasteiger partial charge in [-0.15, -0.1) is 0 Å². The first-order chi connectivity index (χ1) is 7.44. The molecule has 1 fully saturated rings. The quantitative estimate of drug-likeness (QED) is 0.523. The molecule has 0 aromatic carbocycles. The summed E-state index contributed by atoms with van der Waals surface area (Å²) in [4.78, 5) is 0. The van der Waals surface area contributed by atoms with Crippen molar-refractivity contribution in [1.82, 2.24) is 0 Å². The Kier molecular flexibility index (Phi) is 4.67. The van der Waals surface area contributed by atoms with E-state index in [0.29, 0.717) is 11.5 Å². The lowest BCUT2D eigenvalue weighted by Crippen LogP contribution is -2.15. The number of hydrogen-bond donors (Lipinski definition) is 0. The third-order valence-electron chi connectivity index (χ3n) is 2.59. The Morgan fingerprint density at radius 3 is 1.88 bits per heavy atom. The maximum atomic E-state index is 12.6. The lowest BCUT2D eigenvalue weighted by atomic mass is 10.0. The molecule has 0 N–H and O–H groups in total. The highest BCUT2D eigenvalue weighted by atomic mass is 31.2. The molecule has 0 unspecified atom stereocenters. The summed E-state index contributed by atoms with van der Waals surface area (Å²) in [6.45, 7) is 10.7. The second-order valence-electron chi connectivity index (χ2n) is 4.42. The average molecular weight is 244 g/mol. The molecule has 0 spiro atoms. The van der Waals surface area contributed by atoms with Crippen molar-refractivity contribution in [3.8, 4) is 0 Å². The summed E-state index contributed by atoms with van der Waals surface area (Å²) >= 11 is 0. The molecule has 0 radical (unpaired) electrons. The molecule has 1 saturated carbocycles. The normalized spacial score (nSPS) is 17.9. The molecule has 1 aliphatic carbocycles. The molecule has 92 valence electrons. The predicted molar refractivity (Wildman–Crippen MR) is 66.3 cm³/mol. The molecular formula is C12H21O3P. The number of allylic oxidation sites excluding steroid dienone is 2. The van der Waals surface area contributed by atoms with Gasteiger partial charge < -0.3 is 9.05 Å². The topological polar surface area (TPSA) is 35.5 Å². The van der Waals surface area contributed by atoms with Crippen molar-refractivity contribution in [1.29, 1.82) is 0 Å². The van der Waals surface area contributed by atoms with Gasteiger partial charge >= 0.3 is 7.60 Å². The monoisotopic (exact) mass is 244 g/mol. The van der Waals surface area contributed by atoms with E-state index in [1.54, 1.807) is 13.8 Å². The fraction of sp³-hybridized carbons (Fsp3) is 0.667. The zero-order chi connectivity index (χ0) is 12.2. The van der Waals surface area contributed by atoms with Gasteiger partial charge in [0.1, 0.15) is 0 Å². The van der Waals surface area contributed by atoms with Crippen LogP contribution in [0.5, 0.6) is 0 Å². The minimum atomic E-state index is -3.11. The van der Waals surface area contributed by atoms with Crippen molar-refractivity contribution in [2.45, 2.75) is 51.6 Å². The predicted octanol–water partition coefficient (Wildman–Crippen LogP) is 4.61. The highest BCUT2D eigenvalue weighted by Gasteiger charge is 2.39. The van der Waals surface area contributed by atoms with Gasteiger partial charge in [-0.25, -0.2) is 4.57 Å². The summed E-state index contributed by atoms with van der Waals surface area (Å²) < 4.78 is 23.4. The molecule has 0 amide bonds. The van der Waals surface area contributed by atoms with Crippen LogP contribution in [0.3, 0.4) is 0 Å². The van der Waals surface area contributed by atoms with Gasteiger partial charge in [0, 0.05) is 0 Å². The van der Waals surface area contributed by atoms with Crippen LogP contribution in [0.15, 0.2) is 24.7 Å². The van der Waals surface area contributed by atoms with Gasteiger partial charge in [0.2, 0.25) is 0 Å². The molecular weight excluding hydrogens is 223 g/mol. The standard InChI is InChI=1S/C12H21O3P/c1-10(2)14-16(13,15-11(3)4)12-8-6-5-7-9-12/h12H,1,3,5-9H2,2,4H3. The van der Waals surface area contributed by atoms with E-state index in [4.69, 9.17) is 9.05 Å². The van der Waals surface area contributed by atoms with Crippen LogP contribution in [-0.2, 0) is 13.6 Å². The smallest absolute Gasteiger partial charge is 0.421 e. The van der Waals surface area contributed by atoms with Crippen molar-refractivity contribution in [3.63, 3.8) is 0 Å². The Morgan fingerprint density at radius 2 is 1.50 bits per heavy atom. The fourth-order valence-corrected chi connectivity index (χ4v) is 4.20. The maximum absolute atomic E-state index is 12.6. The van der Waals surface area contributed by atoms with Crippen LogP contribution >= 0.6 is 7.60 Å². The minimum Gasteiger partial charge on any atom is -0.421 e. The third kappa shape index (κ3) is 3.71. The summed E-state index contributed by atoms with van der Waals surface area (Å²) in [7, 11) is -3.11. The summed E-state index contributed by atoms with van der Waals surface area (Å²) in [6, 6.07) is 0. The van der Waals surface area contributed by atoms with Crippen LogP contribution in [0.2, 0.25) is 0 Å². The minimum absolute atomic E-state index is 0.00495. The van der Waals surface area contributed by atoms with Crippen LogP contribution in [0.25, 0.3) is 0 Å². The molecule has 0 atom stereocenters. The zero-order valence-electron chi connectivity index (χ0n) is 10.2. The van der Waals surface area contributed by atoms with Crippen LogP contribution < -0.4 is 0 Å². The van der Waals surface area contributed by atoms with Gasteiger partial charge in [-0.2, -0.15) is 0 Å². The van der Waals surface area contributed by atoms with Gasteiger partial charge in [0.25, 0.3) is 0 Å². The Balaban J connectivity index is 2.79. The van der Waals surface area contributed by atoms with Crippen LogP contribution in [0.1, 0.15) is 46.0 Å². The van der Waals surface area contributed by atoms with E-state index >= 15 is 0 Å². The molecule has 0 saturated heterocycles. The Morgan fingerprint density at radius 1 is 1.06 bits per heavy atom. The van der Waals surface area contributed by atoms with Gasteiger partial charge in [0.05, 0.1) is 17.2 Å². The molecule has 1 aliphatic rings. The zero-order valence-corrected chi connectivity index (χ0v) is 11.1. The number of rotatable bonds is 5. The second kappa shape index (κ2) is 5.58. The molecule has 0 aromatic rings. The van der Waals surface area contributed by atoms with E-state index in [1.165, 1.54) is 6.42 Å². The number of hydrogen-bond acceptors (Lipinski definition) is 3. The highest BCUT2D eigenvalue weighted by Crippen LogP contribution is 2.59. The van der Waals surface area contributed by atoms with Gasteiger partial charge in [-0.1, -0.05) is 32.4 Å². The molecule has 0 heterocycles. The molecule has 0 bridgehead atoms. The average Bonchev–Trinajstić information content (AvgIpc) is 2.16. The lowest BCUT2D eigenvalue weighted by molar-refractivity contribution is 0.270. The fourth-order valence-electron chi connectivity index (χ4n) is 2.00. The highest BCUT2D eigenvalue weighted by molar-refractivity contribution is 7.54. The van der Waals surface area contributed by atoms with Crippen LogP contribution in [0.4, 0.5) is 0 Å². The van der Waals surface area contributed by atoms with E-state index in [1.807, 2.05) is 0 Å². The Bertz CT molecular complexity index is 296. The van der Waals surface area contributed by atoms with E-state index < -0.39 is 7.60 Å². The van der Waals surface area contributed by atoms with Gasteiger partial charge in [0.15, 0.2) is 0 Å². The van der Waals surface area contributed by atoms with Crippen molar-refractivity contribution in [3.05, 3.63) is 24.7 Å². The van der Waals surface area contributed by atoms with E-state index in [0.717, 1.165) is 25.7 Å². The largest absolute Gasteiger partial charge is 0.433 e. The molecule has 3 nitrogen and oxygen atoms in total. The SMILES string of the molecule is C=C(C)OP(=O)(OC(=C)C)C1CCCCC1. The second-order valence-corrected chi connectivity index (χ2v) is 6.59. The first kappa shape index (κ1) is 13.4. The van der Waals surface area contributed by atoms with Crippen LogP contribution in [-0.4, -0.2) is 5.66 Å². The Hall–Kier alpha value is -0.690. The van der Waals surface area contributed by atoms with Crippen molar-refractivity contribution in [2.75, 3.05) is 0 Å². The van der Waals surface area contributed by atoms with Crippen molar-refractivity contribution < 1.29 is 13.6 Å². The van der Waals surface area contributed by atoms with Crippen molar-refractivity contribution in [2.24, 2.45) is 0 Å². The lowest BCUT2D eigenvalue weighted by Gasteiger charge is -2.29. The van der Waals surface area contributed by atoms with E-state index in [-0.39, 0.29) is 5.66 Å². The first-order valence-electron chi connectivity index (χ1n) is 5.74. The molecule has 4 heteroatoms. The van der Waals surface area contributed by atoms with Crippen molar-refractivity contribution >= 4 is 7.60 Å². The van der Waals surface area contributed by atoms with E-state index in [2.05, 4.69) is 13.2 Å². The summed E-state index contributed by atoms with van der Waals surface area (Å²) in [5, 5.41) is 0.